The standard InChI is InChI=1S/C12H19N5/c1-3-17(4-2)11-7-5-10(6-8-11)9-15-16-12(13)14/h5-9H,3-4H2,1-2H3,(H4,13,14,16)/b15-9+. The van der Waals surface area contributed by atoms with Crippen LogP contribution in [0.3, 0.4) is 0 Å². The molecule has 0 aliphatic carbocycles. The zero-order valence-corrected chi connectivity index (χ0v) is 10.3. The van der Waals surface area contributed by atoms with Gasteiger partial charge in [0.15, 0.2) is 0 Å². The molecular weight excluding hydrogens is 214 g/mol. The van der Waals surface area contributed by atoms with Gasteiger partial charge in [0.1, 0.15) is 0 Å². The first-order valence-corrected chi connectivity index (χ1v) is 5.64. The normalized spacial score (nSPS) is 10.5. The SMILES string of the molecule is CCN(CC)c1ccc(/C=N/N=C(N)N)cc1. The van der Waals surface area contributed by atoms with Gasteiger partial charge in [-0.1, -0.05) is 12.1 Å². The van der Waals surface area contributed by atoms with Gasteiger partial charge in [-0.3, -0.25) is 0 Å². The smallest absolute Gasteiger partial charge is 0.211 e. The number of guanidine groups is 1. The number of anilines is 1. The minimum absolute atomic E-state index is 0.0407. The van der Waals surface area contributed by atoms with Crippen molar-refractivity contribution in [3.63, 3.8) is 0 Å². The number of rotatable bonds is 5. The van der Waals surface area contributed by atoms with E-state index in [1.54, 1.807) is 6.21 Å². The Kier molecular flexibility index (Phi) is 5.00. The van der Waals surface area contributed by atoms with Gasteiger partial charge in [0, 0.05) is 18.8 Å². The second-order valence-electron chi connectivity index (χ2n) is 3.53. The number of nitrogens with zero attached hydrogens (tertiary/aromatic N) is 3. The molecule has 4 N–H and O–H groups in total. The van der Waals surface area contributed by atoms with Gasteiger partial charge in [-0.05, 0) is 31.5 Å². The summed E-state index contributed by atoms with van der Waals surface area (Å²) in [4.78, 5) is 2.27. The Morgan fingerprint density at radius 3 is 2.24 bits per heavy atom. The first-order valence-electron chi connectivity index (χ1n) is 5.64. The Bertz CT molecular complexity index is 386. The van der Waals surface area contributed by atoms with Crippen molar-refractivity contribution in [2.75, 3.05) is 18.0 Å². The predicted molar refractivity (Wildman–Crippen MR) is 73.4 cm³/mol. The molecule has 0 saturated heterocycles. The van der Waals surface area contributed by atoms with Crippen molar-refractivity contribution in [2.24, 2.45) is 21.7 Å². The van der Waals surface area contributed by atoms with Gasteiger partial charge in [0.2, 0.25) is 5.96 Å². The van der Waals surface area contributed by atoms with Crippen LogP contribution in [-0.4, -0.2) is 25.3 Å². The zero-order valence-electron chi connectivity index (χ0n) is 10.3. The molecule has 0 aromatic heterocycles. The highest BCUT2D eigenvalue weighted by atomic mass is 15.3. The van der Waals surface area contributed by atoms with Crippen LogP contribution in [0.25, 0.3) is 0 Å². The van der Waals surface area contributed by atoms with Crippen LogP contribution in [0.5, 0.6) is 0 Å². The van der Waals surface area contributed by atoms with Crippen LogP contribution in [0.1, 0.15) is 19.4 Å². The fourth-order valence-corrected chi connectivity index (χ4v) is 1.52. The average molecular weight is 233 g/mol. The van der Waals surface area contributed by atoms with Crippen LogP contribution in [-0.2, 0) is 0 Å². The van der Waals surface area contributed by atoms with Gasteiger partial charge in [0.25, 0.3) is 0 Å². The molecule has 0 bridgehead atoms. The lowest BCUT2D eigenvalue weighted by Crippen LogP contribution is -2.21. The van der Waals surface area contributed by atoms with E-state index in [1.807, 2.05) is 12.1 Å². The maximum absolute atomic E-state index is 5.16. The van der Waals surface area contributed by atoms with E-state index >= 15 is 0 Å². The topological polar surface area (TPSA) is 80.0 Å². The van der Waals surface area contributed by atoms with Crippen molar-refractivity contribution < 1.29 is 0 Å². The van der Waals surface area contributed by atoms with Crippen LogP contribution in [0.15, 0.2) is 34.5 Å². The van der Waals surface area contributed by atoms with E-state index in [1.165, 1.54) is 5.69 Å². The van der Waals surface area contributed by atoms with Crippen molar-refractivity contribution in [1.82, 2.24) is 0 Å². The Morgan fingerprint density at radius 1 is 1.18 bits per heavy atom. The van der Waals surface area contributed by atoms with E-state index in [4.69, 9.17) is 11.5 Å². The molecule has 0 saturated carbocycles. The predicted octanol–water partition coefficient (Wildman–Crippen LogP) is 1.14. The highest BCUT2D eigenvalue weighted by molar-refractivity contribution is 5.82. The first kappa shape index (κ1) is 13.0. The van der Waals surface area contributed by atoms with Crippen LogP contribution < -0.4 is 16.4 Å². The minimum Gasteiger partial charge on any atom is -0.372 e. The largest absolute Gasteiger partial charge is 0.372 e. The van der Waals surface area contributed by atoms with Crippen molar-refractivity contribution in [3.05, 3.63) is 29.8 Å². The molecular formula is C12H19N5. The molecule has 0 heterocycles. The van der Waals surface area contributed by atoms with Crippen molar-refractivity contribution in [3.8, 4) is 0 Å². The molecule has 0 aliphatic heterocycles. The van der Waals surface area contributed by atoms with Crippen LogP contribution in [0.4, 0.5) is 5.69 Å². The molecule has 0 spiro atoms. The summed E-state index contributed by atoms with van der Waals surface area (Å²) in [6.45, 7) is 6.27. The van der Waals surface area contributed by atoms with E-state index in [9.17, 15) is 0 Å². The summed E-state index contributed by atoms with van der Waals surface area (Å²) in [5.41, 5.74) is 12.5. The van der Waals surface area contributed by atoms with E-state index in [2.05, 4.69) is 41.1 Å². The van der Waals surface area contributed by atoms with E-state index in [0.29, 0.717) is 0 Å². The maximum atomic E-state index is 5.16. The summed E-state index contributed by atoms with van der Waals surface area (Å²) in [6.07, 6.45) is 1.62. The summed E-state index contributed by atoms with van der Waals surface area (Å²) in [5, 5.41) is 7.30. The summed E-state index contributed by atoms with van der Waals surface area (Å²) in [5.74, 6) is -0.0407. The molecule has 92 valence electrons. The third kappa shape index (κ3) is 4.14. The highest BCUT2D eigenvalue weighted by Gasteiger charge is 1.99. The summed E-state index contributed by atoms with van der Waals surface area (Å²) < 4.78 is 0. The molecule has 5 heteroatoms. The lowest BCUT2D eigenvalue weighted by Gasteiger charge is -2.20. The number of hydrogen-bond acceptors (Lipinski definition) is 3. The molecule has 0 atom stereocenters. The van der Waals surface area contributed by atoms with Gasteiger partial charge in [-0.15, -0.1) is 5.10 Å². The monoisotopic (exact) mass is 233 g/mol. The number of nitrogens with two attached hydrogens (primary N) is 2. The van der Waals surface area contributed by atoms with Gasteiger partial charge in [-0.2, -0.15) is 5.10 Å². The van der Waals surface area contributed by atoms with Gasteiger partial charge in [0.05, 0.1) is 6.21 Å². The Hall–Kier alpha value is -2.04. The molecule has 0 amide bonds. The van der Waals surface area contributed by atoms with E-state index in [-0.39, 0.29) is 5.96 Å². The quantitative estimate of drug-likeness (QED) is 0.454. The lowest BCUT2D eigenvalue weighted by molar-refractivity contribution is 0.866. The molecule has 5 nitrogen and oxygen atoms in total. The molecule has 17 heavy (non-hydrogen) atoms. The van der Waals surface area contributed by atoms with Gasteiger partial charge < -0.3 is 16.4 Å². The lowest BCUT2D eigenvalue weighted by atomic mass is 10.2. The highest BCUT2D eigenvalue weighted by Crippen LogP contribution is 2.13. The average Bonchev–Trinajstić information content (AvgIpc) is 2.32. The van der Waals surface area contributed by atoms with Gasteiger partial charge in [-0.25, -0.2) is 0 Å². The van der Waals surface area contributed by atoms with Crippen molar-refractivity contribution in [1.29, 1.82) is 0 Å². The molecule has 1 aromatic rings. The van der Waals surface area contributed by atoms with Crippen molar-refractivity contribution >= 4 is 17.9 Å². The Morgan fingerprint density at radius 2 is 1.76 bits per heavy atom. The third-order valence-electron chi connectivity index (χ3n) is 2.40. The summed E-state index contributed by atoms with van der Waals surface area (Å²) >= 11 is 0. The van der Waals surface area contributed by atoms with E-state index < -0.39 is 0 Å². The molecule has 0 unspecified atom stereocenters. The van der Waals surface area contributed by atoms with Gasteiger partial charge >= 0.3 is 0 Å². The molecule has 1 rings (SSSR count). The van der Waals surface area contributed by atoms with Crippen molar-refractivity contribution in [2.45, 2.75) is 13.8 Å². The van der Waals surface area contributed by atoms with Crippen LogP contribution in [0.2, 0.25) is 0 Å². The van der Waals surface area contributed by atoms with E-state index in [0.717, 1.165) is 18.7 Å². The Labute approximate surface area is 102 Å². The number of hydrogen-bond donors (Lipinski definition) is 2. The first-order chi connectivity index (χ1) is 8.17. The third-order valence-corrected chi connectivity index (χ3v) is 2.40. The second kappa shape index (κ2) is 6.52. The summed E-state index contributed by atoms with van der Waals surface area (Å²) in [7, 11) is 0. The summed E-state index contributed by atoms with van der Waals surface area (Å²) in [6, 6.07) is 8.09. The maximum Gasteiger partial charge on any atom is 0.211 e. The number of benzene rings is 1. The molecule has 0 aliphatic rings. The van der Waals surface area contributed by atoms with Crippen LogP contribution >= 0.6 is 0 Å². The molecule has 0 radical (unpaired) electrons. The fourth-order valence-electron chi connectivity index (χ4n) is 1.52. The fraction of sp³-hybridized carbons (Fsp3) is 0.333. The van der Waals surface area contributed by atoms with Crippen LogP contribution in [0, 0.1) is 0 Å². The zero-order chi connectivity index (χ0) is 12.7. The Balaban J connectivity index is 2.74. The molecule has 1 aromatic carbocycles. The second-order valence-corrected chi connectivity index (χ2v) is 3.53. The minimum atomic E-state index is -0.0407. The molecule has 0 fully saturated rings.